The van der Waals surface area contributed by atoms with E-state index >= 15 is 0 Å². The Labute approximate surface area is 138 Å². The second-order valence-electron chi connectivity index (χ2n) is 5.12. The first-order valence-corrected chi connectivity index (χ1v) is 8.61. The van der Waals surface area contributed by atoms with Gasteiger partial charge in [0.2, 0.25) is 15.9 Å². The Bertz CT molecular complexity index is 832. The van der Waals surface area contributed by atoms with Gasteiger partial charge in [-0.15, -0.1) is 0 Å². The fourth-order valence-electron chi connectivity index (χ4n) is 2.31. The number of fused-ring (bicyclic) bond motifs is 1. The van der Waals surface area contributed by atoms with Gasteiger partial charge in [0.25, 0.3) is 0 Å². The van der Waals surface area contributed by atoms with Crippen molar-refractivity contribution in [1.29, 1.82) is 0 Å². The van der Waals surface area contributed by atoms with E-state index in [1.54, 1.807) is 12.1 Å². The predicted octanol–water partition coefficient (Wildman–Crippen LogP) is 0.727. The Morgan fingerprint density at radius 1 is 1.17 bits per heavy atom. The smallest absolute Gasteiger partial charge is 0.244 e. The topological polar surface area (TPSA) is 112 Å². The molecule has 0 saturated carbocycles. The molecule has 2 heterocycles. The Morgan fingerprint density at radius 2 is 1.92 bits per heavy atom. The third-order valence-electron chi connectivity index (χ3n) is 3.40. The SMILES string of the molecule is NC(=O)CN(Cc1ccco1)S(=O)(=O)c1ccc2c(c1)OCCO2. The Balaban J connectivity index is 1.94. The zero-order valence-corrected chi connectivity index (χ0v) is 13.5. The van der Waals surface area contributed by atoms with Gasteiger partial charge < -0.3 is 19.6 Å². The van der Waals surface area contributed by atoms with Crippen molar-refractivity contribution >= 4 is 15.9 Å². The first-order valence-electron chi connectivity index (χ1n) is 7.17. The average molecular weight is 352 g/mol. The minimum Gasteiger partial charge on any atom is -0.486 e. The summed E-state index contributed by atoms with van der Waals surface area (Å²) in [6, 6.07) is 7.55. The number of ether oxygens (including phenoxy) is 2. The summed E-state index contributed by atoms with van der Waals surface area (Å²) in [4.78, 5) is 11.3. The van der Waals surface area contributed by atoms with Crippen molar-refractivity contribution in [2.45, 2.75) is 11.4 Å². The van der Waals surface area contributed by atoms with Gasteiger partial charge in [0, 0.05) is 6.07 Å². The monoisotopic (exact) mass is 352 g/mol. The van der Waals surface area contributed by atoms with Crippen molar-refractivity contribution in [2.75, 3.05) is 19.8 Å². The van der Waals surface area contributed by atoms with E-state index in [4.69, 9.17) is 19.6 Å². The van der Waals surface area contributed by atoms with Gasteiger partial charge in [0.05, 0.1) is 24.2 Å². The summed E-state index contributed by atoms with van der Waals surface area (Å²) >= 11 is 0. The zero-order valence-electron chi connectivity index (χ0n) is 12.7. The van der Waals surface area contributed by atoms with Crippen molar-refractivity contribution in [3.63, 3.8) is 0 Å². The molecular formula is C15H16N2O6S. The van der Waals surface area contributed by atoms with E-state index in [1.807, 2.05) is 0 Å². The lowest BCUT2D eigenvalue weighted by Gasteiger charge is -2.22. The van der Waals surface area contributed by atoms with E-state index in [0.29, 0.717) is 30.5 Å². The highest BCUT2D eigenvalue weighted by Crippen LogP contribution is 2.33. The molecule has 0 spiro atoms. The van der Waals surface area contributed by atoms with Crippen molar-refractivity contribution in [3.05, 3.63) is 42.4 Å². The molecule has 0 bridgehead atoms. The third-order valence-corrected chi connectivity index (χ3v) is 5.18. The molecule has 2 aromatic rings. The van der Waals surface area contributed by atoms with Crippen LogP contribution in [0.15, 0.2) is 45.9 Å². The van der Waals surface area contributed by atoms with Gasteiger partial charge in [-0.05, 0) is 24.3 Å². The molecule has 1 amide bonds. The molecule has 0 saturated heterocycles. The van der Waals surface area contributed by atoms with Crippen LogP contribution in [0.25, 0.3) is 0 Å². The molecule has 1 aromatic carbocycles. The predicted molar refractivity (Wildman–Crippen MR) is 82.9 cm³/mol. The summed E-state index contributed by atoms with van der Waals surface area (Å²) in [7, 11) is -3.97. The summed E-state index contributed by atoms with van der Waals surface area (Å²) in [5, 5.41) is 0. The molecule has 0 aliphatic carbocycles. The second-order valence-corrected chi connectivity index (χ2v) is 7.06. The maximum Gasteiger partial charge on any atom is 0.244 e. The number of primary amides is 1. The van der Waals surface area contributed by atoms with Gasteiger partial charge in [-0.2, -0.15) is 4.31 Å². The number of benzene rings is 1. The highest BCUT2D eigenvalue weighted by molar-refractivity contribution is 7.89. The van der Waals surface area contributed by atoms with Crippen LogP contribution in [-0.2, 0) is 21.4 Å². The minimum atomic E-state index is -3.97. The van der Waals surface area contributed by atoms with Crippen LogP contribution in [0.2, 0.25) is 0 Å². The number of hydrogen-bond donors (Lipinski definition) is 1. The van der Waals surface area contributed by atoms with Crippen LogP contribution in [0.5, 0.6) is 11.5 Å². The molecule has 1 aromatic heterocycles. The minimum absolute atomic E-state index is 0.0143. The number of sulfonamides is 1. The molecule has 1 aliphatic rings. The molecule has 1 aliphatic heterocycles. The Morgan fingerprint density at radius 3 is 2.58 bits per heavy atom. The van der Waals surface area contributed by atoms with Crippen molar-refractivity contribution in [3.8, 4) is 11.5 Å². The maximum absolute atomic E-state index is 12.9. The first kappa shape index (κ1) is 16.3. The lowest BCUT2D eigenvalue weighted by Crippen LogP contribution is -2.37. The van der Waals surface area contributed by atoms with Gasteiger partial charge in [0.15, 0.2) is 11.5 Å². The number of rotatable bonds is 6. The van der Waals surface area contributed by atoms with Crippen molar-refractivity contribution < 1.29 is 27.1 Å². The standard InChI is InChI=1S/C15H16N2O6S/c16-15(18)10-17(9-11-2-1-5-21-11)24(19,20)12-3-4-13-14(8-12)23-7-6-22-13/h1-5,8H,6-7,9-10H2,(H2,16,18). The van der Waals surface area contributed by atoms with Gasteiger partial charge >= 0.3 is 0 Å². The summed E-state index contributed by atoms with van der Waals surface area (Å²) in [5.41, 5.74) is 5.19. The van der Waals surface area contributed by atoms with Crippen LogP contribution in [0.3, 0.4) is 0 Å². The van der Waals surface area contributed by atoms with E-state index in [9.17, 15) is 13.2 Å². The normalized spacial score (nSPS) is 13.9. The molecule has 2 N–H and O–H groups in total. The largest absolute Gasteiger partial charge is 0.486 e. The van der Waals surface area contributed by atoms with E-state index in [1.165, 1.54) is 24.5 Å². The van der Waals surface area contributed by atoms with Crippen LogP contribution in [0, 0.1) is 0 Å². The quantitative estimate of drug-likeness (QED) is 0.820. The number of hydrogen-bond acceptors (Lipinski definition) is 6. The summed E-state index contributed by atoms with van der Waals surface area (Å²) in [5.74, 6) is 0.465. The number of furan rings is 1. The van der Waals surface area contributed by atoms with Gasteiger partial charge in [0.1, 0.15) is 19.0 Å². The highest BCUT2D eigenvalue weighted by Gasteiger charge is 2.28. The lowest BCUT2D eigenvalue weighted by atomic mass is 10.3. The molecule has 8 nitrogen and oxygen atoms in total. The van der Waals surface area contributed by atoms with E-state index < -0.39 is 22.5 Å². The fraction of sp³-hybridized carbons (Fsp3) is 0.267. The Kier molecular flexibility index (Phi) is 4.45. The number of carbonyl (C=O) groups excluding carboxylic acids is 1. The van der Waals surface area contributed by atoms with Crippen LogP contribution >= 0.6 is 0 Å². The molecule has 0 unspecified atom stereocenters. The second kappa shape index (κ2) is 6.54. The first-order chi connectivity index (χ1) is 11.5. The van der Waals surface area contributed by atoms with Crippen molar-refractivity contribution in [2.24, 2.45) is 5.73 Å². The van der Waals surface area contributed by atoms with Crippen LogP contribution < -0.4 is 15.2 Å². The van der Waals surface area contributed by atoms with E-state index in [0.717, 1.165) is 4.31 Å². The van der Waals surface area contributed by atoms with E-state index in [2.05, 4.69) is 0 Å². The van der Waals surface area contributed by atoms with Gasteiger partial charge in [-0.1, -0.05) is 0 Å². The fourth-order valence-corrected chi connectivity index (χ4v) is 3.70. The molecule has 0 atom stereocenters. The molecule has 0 radical (unpaired) electrons. The third kappa shape index (κ3) is 3.36. The number of nitrogens with two attached hydrogens (primary N) is 1. The highest BCUT2D eigenvalue weighted by atomic mass is 32.2. The summed E-state index contributed by atoms with van der Waals surface area (Å²) in [6.07, 6.45) is 1.43. The lowest BCUT2D eigenvalue weighted by molar-refractivity contribution is -0.118. The number of nitrogens with zero attached hydrogens (tertiary/aromatic N) is 1. The molecule has 128 valence electrons. The number of amides is 1. The molecule has 0 fully saturated rings. The Hall–Kier alpha value is -2.52. The van der Waals surface area contributed by atoms with Gasteiger partial charge in [-0.25, -0.2) is 8.42 Å². The summed E-state index contributed by atoms with van der Waals surface area (Å²) in [6.45, 7) is 0.184. The van der Waals surface area contributed by atoms with Gasteiger partial charge in [-0.3, -0.25) is 4.79 Å². The van der Waals surface area contributed by atoms with E-state index in [-0.39, 0.29) is 11.4 Å². The maximum atomic E-state index is 12.9. The number of carbonyl (C=O) groups is 1. The average Bonchev–Trinajstić information content (AvgIpc) is 3.06. The molecule has 24 heavy (non-hydrogen) atoms. The van der Waals surface area contributed by atoms with Crippen LogP contribution in [-0.4, -0.2) is 38.4 Å². The molecule has 9 heteroatoms. The van der Waals surface area contributed by atoms with Crippen LogP contribution in [0.1, 0.15) is 5.76 Å². The van der Waals surface area contributed by atoms with Crippen molar-refractivity contribution in [1.82, 2.24) is 4.31 Å². The molecular weight excluding hydrogens is 336 g/mol. The van der Waals surface area contributed by atoms with Crippen LogP contribution in [0.4, 0.5) is 0 Å². The zero-order chi connectivity index (χ0) is 17.2. The molecule has 3 rings (SSSR count). The summed E-state index contributed by atoms with van der Waals surface area (Å²) < 4.78 is 42.6.